The topological polar surface area (TPSA) is 78.4 Å². The number of nitrogens with one attached hydrogen (secondary N) is 1. The van der Waals surface area contributed by atoms with Crippen molar-refractivity contribution in [3.05, 3.63) is 23.8 Å². The highest BCUT2D eigenvalue weighted by Gasteiger charge is 2.44. The summed E-state index contributed by atoms with van der Waals surface area (Å²) in [5, 5.41) is 0. The Balaban J connectivity index is 0.00000208. The third-order valence-electron chi connectivity index (χ3n) is 4.81. The molecule has 2 fully saturated rings. The lowest BCUT2D eigenvalue weighted by Gasteiger charge is -2.21. The maximum Gasteiger partial charge on any atom is 0.279 e. The lowest BCUT2D eigenvalue weighted by Crippen LogP contribution is -2.46. The van der Waals surface area contributed by atoms with Gasteiger partial charge < -0.3 is 0 Å². The van der Waals surface area contributed by atoms with E-state index in [4.69, 9.17) is 0 Å². The van der Waals surface area contributed by atoms with E-state index in [0.717, 1.165) is 31.0 Å². The number of nitrogens with zero attached hydrogens (tertiary/aromatic N) is 4. The van der Waals surface area contributed by atoms with E-state index < -0.39 is 10.2 Å². The number of hydrogen-bond donors (Lipinski definition) is 1. The van der Waals surface area contributed by atoms with E-state index in [0.29, 0.717) is 11.8 Å². The Morgan fingerprint density at radius 3 is 2.50 bits per heavy atom. The van der Waals surface area contributed by atoms with Crippen LogP contribution >= 0.6 is 12.4 Å². The Bertz CT molecular complexity index is 666. The molecule has 0 radical (unpaired) electrons. The van der Waals surface area contributed by atoms with Crippen molar-refractivity contribution >= 4 is 22.6 Å². The third kappa shape index (κ3) is 4.43. The Kier molecular flexibility index (Phi) is 6.19. The molecule has 1 aliphatic carbocycles. The minimum Gasteiger partial charge on any atom is -0.296 e. The van der Waals surface area contributed by atoms with Crippen molar-refractivity contribution in [2.24, 2.45) is 11.8 Å². The van der Waals surface area contributed by atoms with Crippen LogP contribution in [0.5, 0.6) is 0 Å². The lowest BCUT2D eigenvalue weighted by molar-refractivity contribution is 0.305. The fourth-order valence-corrected chi connectivity index (χ4v) is 4.11. The molecule has 0 spiro atoms. The van der Waals surface area contributed by atoms with Crippen LogP contribution in [-0.4, -0.2) is 60.8 Å². The molecule has 1 N–H and O–H groups in total. The fourth-order valence-electron chi connectivity index (χ4n) is 3.27. The van der Waals surface area contributed by atoms with E-state index in [1.54, 1.807) is 26.5 Å². The van der Waals surface area contributed by atoms with E-state index in [9.17, 15) is 8.42 Å². The molecule has 136 valence electrons. The molecule has 1 aromatic heterocycles. The Labute approximate surface area is 150 Å². The Morgan fingerprint density at radius 1 is 1.25 bits per heavy atom. The van der Waals surface area contributed by atoms with Gasteiger partial charge in [0.05, 0.1) is 11.4 Å². The van der Waals surface area contributed by atoms with Crippen molar-refractivity contribution < 1.29 is 8.42 Å². The molecular formula is C15H26ClN5O2S. The second-order valence-corrected chi connectivity index (χ2v) is 8.71. The van der Waals surface area contributed by atoms with Crippen LogP contribution < -0.4 is 4.72 Å². The van der Waals surface area contributed by atoms with Crippen LogP contribution in [0.25, 0.3) is 0 Å². The number of hydrogen-bond acceptors (Lipinski definition) is 5. The third-order valence-corrected chi connectivity index (χ3v) is 6.37. The first-order valence-corrected chi connectivity index (χ1v) is 9.49. The second kappa shape index (κ2) is 7.61. The molecule has 1 saturated heterocycles. The molecule has 0 amide bonds. The first-order valence-electron chi connectivity index (χ1n) is 8.05. The van der Waals surface area contributed by atoms with E-state index in [-0.39, 0.29) is 18.4 Å². The molecule has 2 atom stereocenters. The van der Waals surface area contributed by atoms with Crippen molar-refractivity contribution in [2.45, 2.75) is 32.4 Å². The molecule has 0 unspecified atom stereocenters. The van der Waals surface area contributed by atoms with Gasteiger partial charge in [0.25, 0.3) is 10.2 Å². The molecule has 1 aliphatic heterocycles. The zero-order valence-electron chi connectivity index (χ0n) is 14.3. The summed E-state index contributed by atoms with van der Waals surface area (Å²) in [6.45, 7) is 4.33. The summed E-state index contributed by atoms with van der Waals surface area (Å²) >= 11 is 0. The van der Waals surface area contributed by atoms with Gasteiger partial charge in [-0.1, -0.05) is 0 Å². The molecule has 24 heavy (non-hydrogen) atoms. The number of aryl methyl sites for hydroxylation is 1. The van der Waals surface area contributed by atoms with Crippen LogP contribution in [0, 0.1) is 18.8 Å². The molecule has 1 aromatic rings. The van der Waals surface area contributed by atoms with Gasteiger partial charge in [0.15, 0.2) is 0 Å². The highest BCUT2D eigenvalue weighted by molar-refractivity contribution is 7.87. The molecule has 1 saturated carbocycles. The molecular weight excluding hydrogens is 350 g/mol. The molecule has 9 heteroatoms. The van der Waals surface area contributed by atoms with Gasteiger partial charge >= 0.3 is 0 Å². The number of rotatable bonds is 6. The Hall–Kier alpha value is -0.800. The van der Waals surface area contributed by atoms with Gasteiger partial charge in [0.1, 0.15) is 0 Å². The normalized spacial score (nSPS) is 25.0. The van der Waals surface area contributed by atoms with Crippen molar-refractivity contribution in [3.63, 3.8) is 0 Å². The standard InChI is InChI=1S/C15H25N5O2S.ClH/c1-11-14(17-7-6-16-11)9-20-8-13(12-4-5-12)15(10-20)18-23(21,22)19(2)3;/h6-7,12-13,15,18H,4-5,8-10H2,1-3H3;1H/t13-,15+;/m1./s1. The molecule has 2 aliphatic rings. The van der Waals surface area contributed by atoms with E-state index >= 15 is 0 Å². The van der Waals surface area contributed by atoms with Crippen LogP contribution in [0.15, 0.2) is 12.4 Å². The van der Waals surface area contributed by atoms with Crippen LogP contribution in [0.4, 0.5) is 0 Å². The second-order valence-electron chi connectivity index (χ2n) is 6.80. The van der Waals surface area contributed by atoms with Crippen molar-refractivity contribution in [3.8, 4) is 0 Å². The number of aromatic nitrogens is 2. The predicted octanol–water partition coefficient (Wildman–Crippen LogP) is 0.813. The predicted molar refractivity (Wildman–Crippen MR) is 95.0 cm³/mol. The van der Waals surface area contributed by atoms with Gasteiger partial charge in [0.2, 0.25) is 0 Å². The zero-order valence-corrected chi connectivity index (χ0v) is 16.0. The van der Waals surface area contributed by atoms with E-state index in [1.165, 1.54) is 17.1 Å². The van der Waals surface area contributed by atoms with Crippen molar-refractivity contribution in [1.29, 1.82) is 0 Å². The van der Waals surface area contributed by atoms with Crippen LogP contribution in [-0.2, 0) is 16.8 Å². The summed E-state index contributed by atoms with van der Waals surface area (Å²) in [4.78, 5) is 11.0. The van der Waals surface area contributed by atoms with Crippen molar-refractivity contribution in [2.75, 3.05) is 27.2 Å². The quantitative estimate of drug-likeness (QED) is 0.796. The van der Waals surface area contributed by atoms with Crippen molar-refractivity contribution in [1.82, 2.24) is 23.9 Å². The summed E-state index contributed by atoms with van der Waals surface area (Å²) < 4.78 is 28.5. The SMILES string of the molecule is Cc1nccnc1CN1C[C@H](NS(=O)(=O)N(C)C)[C@@H](C2CC2)C1.Cl. The van der Waals surface area contributed by atoms with Crippen LogP contribution in [0.1, 0.15) is 24.2 Å². The molecule has 2 heterocycles. The monoisotopic (exact) mass is 375 g/mol. The highest BCUT2D eigenvalue weighted by atomic mass is 35.5. The summed E-state index contributed by atoms with van der Waals surface area (Å²) in [5.41, 5.74) is 1.91. The smallest absolute Gasteiger partial charge is 0.279 e. The van der Waals surface area contributed by atoms with Gasteiger partial charge in [-0.15, -0.1) is 12.4 Å². The molecule has 0 bridgehead atoms. The zero-order chi connectivity index (χ0) is 16.6. The molecule has 0 aromatic carbocycles. The van der Waals surface area contributed by atoms with Crippen LogP contribution in [0.2, 0.25) is 0 Å². The van der Waals surface area contributed by atoms with E-state index in [1.807, 2.05) is 6.92 Å². The van der Waals surface area contributed by atoms with Gasteiger partial charge in [-0.05, 0) is 31.6 Å². The summed E-state index contributed by atoms with van der Waals surface area (Å²) in [6.07, 6.45) is 5.83. The van der Waals surface area contributed by atoms with E-state index in [2.05, 4.69) is 19.6 Å². The van der Waals surface area contributed by atoms with Gasteiger partial charge in [-0.25, -0.2) is 0 Å². The fraction of sp³-hybridized carbons (Fsp3) is 0.733. The highest BCUT2D eigenvalue weighted by Crippen LogP contribution is 2.41. The minimum atomic E-state index is -3.40. The molecule has 7 nitrogen and oxygen atoms in total. The van der Waals surface area contributed by atoms with Crippen LogP contribution in [0.3, 0.4) is 0 Å². The first-order chi connectivity index (χ1) is 10.9. The Morgan fingerprint density at radius 2 is 1.92 bits per heavy atom. The lowest BCUT2D eigenvalue weighted by atomic mass is 9.99. The van der Waals surface area contributed by atoms with Gasteiger partial charge in [-0.2, -0.15) is 17.4 Å². The summed E-state index contributed by atoms with van der Waals surface area (Å²) in [6, 6.07) is -0.0214. The number of likely N-dealkylation sites (tertiary alicyclic amines) is 1. The molecule has 3 rings (SSSR count). The summed E-state index contributed by atoms with van der Waals surface area (Å²) in [7, 11) is -0.277. The van der Waals surface area contributed by atoms with Gasteiger partial charge in [-0.3, -0.25) is 14.9 Å². The van der Waals surface area contributed by atoms with Gasteiger partial charge in [0, 0.05) is 52.2 Å². The average molecular weight is 376 g/mol. The largest absolute Gasteiger partial charge is 0.296 e. The first kappa shape index (κ1) is 19.5. The number of halogens is 1. The maximum atomic E-state index is 12.2. The average Bonchev–Trinajstić information content (AvgIpc) is 3.24. The summed E-state index contributed by atoms with van der Waals surface area (Å²) in [5.74, 6) is 1.04. The maximum absolute atomic E-state index is 12.2. The minimum absolute atomic E-state index is 0.